The van der Waals surface area contributed by atoms with E-state index in [4.69, 9.17) is 4.98 Å². The van der Waals surface area contributed by atoms with Gasteiger partial charge in [0, 0.05) is 29.8 Å². The number of carbonyl (C=O) groups is 1. The summed E-state index contributed by atoms with van der Waals surface area (Å²) in [6, 6.07) is 24.4. The number of aromatic nitrogens is 3. The molecular weight excluding hydrogens is 398 g/mol. The van der Waals surface area contributed by atoms with Crippen molar-refractivity contribution in [1.82, 2.24) is 24.8 Å². The molecule has 1 aliphatic heterocycles. The van der Waals surface area contributed by atoms with Crippen LogP contribution >= 0.6 is 0 Å². The summed E-state index contributed by atoms with van der Waals surface area (Å²) in [5, 5.41) is 7.72. The molecule has 6 nitrogen and oxygen atoms in total. The number of amides is 1. The molecule has 0 bridgehead atoms. The Balaban J connectivity index is 1.50. The fraction of sp³-hybridized carbons (Fsp3) is 0.269. The first-order valence-electron chi connectivity index (χ1n) is 11.3. The average molecular weight is 426 g/mol. The van der Waals surface area contributed by atoms with Gasteiger partial charge in [-0.15, -0.1) is 0 Å². The van der Waals surface area contributed by atoms with Crippen LogP contribution in [0.25, 0.3) is 28.2 Å². The number of nitrogens with one attached hydrogen (secondary N) is 1. The zero-order valence-corrected chi connectivity index (χ0v) is 18.2. The molecule has 0 radical (unpaired) electrons. The molecule has 5 rings (SSSR count). The highest BCUT2D eigenvalue weighted by Crippen LogP contribution is 2.26. The first-order chi connectivity index (χ1) is 15.7. The molecule has 4 aromatic rings. The van der Waals surface area contributed by atoms with E-state index in [0.29, 0.717) is 23.9 Å². The van der Waals surface area contributed by atoms with Crippen LogP contribution in [0.5, 0.6) is 0 Å². The van der Waals surface area contributed by atoms with Gasteiger partial charge in [0.15, 0.2) is 11.3 Å². The summed E-state index contributed by atoms with van der Waals surface area (Å²) in [4.78, 5) is 20.2. The number of hydrogen-bond donors (Lipinski definition) is 1. The Labute approximate surface area is 187 Å². The van der Waals surface area contributed by atoms with E-state index in [-0.39, 0.29) is 5.91 Å². The summed E-state index contributed by atoms with van der Waals surface area (Å²) in [6.45, 7) is 4.94. The molecule has 0 spiro atoms. The fourth-order valence-electron chi connectivity index (χ4n) is 4.50. The molecule has 2 aromatic carbocycles. The monoisotopic (exact) mass is 425 g/mol. The van der Waals surface area contributed by atoms with Gasteiger partial charge in [-0.3, -0.25) is 9.69 Å². The van der Waals surface area contributed by atoms with Gasteiger partial charge in [0.2, 0.25) is 0 Å². The SMILES string of the molecule is CCN1CCC[C@H]1CNC(=O)c1cc2nc(-c3ccccc3)cc(-c3ccccc3)n2n1. The van der Waals surface area contributed by atoms with Crippen molar-refractivity contribution >= 4 is 11.6 Å². The molecule has 1 N–H and O–H groups in total. The van der Waals surface area contributed by atoms with E-state index in [2.05, 4.69) is 22.2 Å². The third kappa shape index (κ3) is 4.01. The second-order valence-corrected chi connectivity index (χ2v) is 8.19. The highest BCUT2D eigenvalue weighted by molar-refractivity contribution is 5.93. The van der Waals surface area contributed by atoms with E-state index in [1.54, 1.807) is 10.6 Å². The average Bonchev–Trinajstić information content (AvgIpc) is 3.49. The summed E-state index contributed by atoms with van der Waals surface area (Å²) in [5.41, 5.74) is 4.86. The Hall–Kier alpha value is -3.51. The van der Waals surface area contributed by atoms with Crippen molar-refractivity contribution in [3.05, 3.63) is 78.5 Å². The van der Waals surface area contributed by atoms with Crippen LogP contribution in [0.4, 0.5) is 0 Å². The van der Waals surface area contributed by atoms with E-state index in [1.807, 2.05) is 66.7 Å². The number of rotatable bonds is 6. The van der Waals surface area contributed by atoms with E-state index < -0.39 is 0 Å². The van der Waals surface area contributed by atoms with Gasteiger partial charge in [-0.1, -0.05) is 67.6 Å². The number of nitrogens with zero attached hydrogens (tertiary/aromatic N) is 4. The maximum Gasteiger partial charge on any atom is 0.271 e. The highest BCUT2D eigenvalue weighted by Gasteiger charge is 2.24. The molecule has 1 amide bonds. The van der Waals surface area contributed by atoms with Gasteiger partial charge in [-0.05, 0) is 32.0 Å². The third-order valence-corrected chi connectivity index (χ3v) is 6.20. The van der Waals surface area contributed by atoms with E-state index in [0.717, 1.165) is 42.0 Å². The van der Waals surface area contributed by atoms with Crippen LogP contribution in [0.15, 0.2) is 72.8 Å². The molecule has 1 atom stereocenters. The largest absolute Gasteiger partial charge is 0.349 e. The van der Waals surface area contributed by atoms with Crippen molar-refractivity contribution in [2.45, 2.75) is 25.8 Å². The van der Waals surface area contributed by atoms with Crippen molar-refractivity contribution in [3.8, 4) is 22.5 Å². The molecule has 32 heavy (non-hydrogen) atoms. The first-order valence-corrected chi connectivity index (χ1v) is 11.3. The van der Waals surface area contributed by atoms with Crippen LogP contribution in [0, 0.1) is 0 Å². The van der Waals surface area contributed by atoms with Crippen molar-refractivity contribution < 1.29 is 4.79 Å². The van der Waals surface area contributed by atoms with Crippen LogP contribution in [0.1, 0.15) is 30.3 Å². The number of hydrogen-bond acceptors (Lipinski definition) is 4. The summed E-state index contributed by atoms with van der Waals surface area (Å²) in [6.07, 6.45) is 2.31. The van der Waals surface area contributed by atoms with Crippen molar-refractivity contribution in [1.29, 1.82) is 0 Å². The van der Waals surface area contributed by atoms with E-state index in [1.165, 1.54) is 6.42 Å². The van der Waals surface area contributed by atoms with Gasteiger partial charge in [-0.25, -0.2) is 9.50 Å². The van der Waals surface area contributed by atoms with Gasteiger partial charge in [0.05, 0.1) is 11.4 Å². The summed E-state index contributed by atoms with van der Waals surface area (Å²) < 4.78 is 1.77. The van der Waals surface area contributed by atoms with Crippen molar-refractivity contribution in [3.63, 3.8) is 0 Å². The lowest BCUT2D eigenvalue weighted by molar-refractivity contribution is 0.0936. The summed E-state index contributed by atoms with van der Waals surface area (Å²) >= 11 is 0. The Bertz CT molecular complexity index is 1220. The van der Waals surface area contributed by atoms with Gasteiger partial charge in [0.25, 0.3) is 5.91 Å². The molecule has 162 valence electrons. The number of likely N-dealkylation sites (N-methyl/N-ethyl adjacent to an activating group) is 1. The Morgan fingerprint density at radius 1 is 1.03 bits per heavy atom. The van der Waals surface area contributed by atoms with E-state index in [9.17, 15) is 4.79 Å². The molecule has 1 aliphatic rings. The Kier molecular flexibility index (Phi) is 5.69. The lowest BCUT2D eigenvalue weighted by Gasteiger charge is -2.22. The normalized spacial score (nSPS) is 16.5. The van der Waals surface area contributed by atoms with Crippen LogP contribution in [0.3, 0.4) is 0 Å². The van der Waals surface area contributed by atoms with Gasteiger partial charge in [0.1, 0.15) is 0 Å². The van der Waals surface area contributed by atoms with E-state index >= 15 is 0 Å². The third-order valence-electron chi connectivity index (χ3n) is 6.20. The van der Waals surface area contributed by atoms with Crippen LogP contribution in [-0.2, 0) is 0 Å². The van der Waals surface area contributed by atoms with Crippen molar-refractivity contribution in [2.24, 2.45) is 0 Å². The Morgan fingerprint density at radius 3 is 2.47 bits per heavy atom. The van der Waals surface area contributed by atoms with Crippen LogP contribution in [0.2, 0.25) is 0 Å². The number of fused-ring (bicyclic) bond motifs is 1. The molecule has 1 fully saturated rings. The van der Waals surface area contributed by atoms with Gasteiger partial charge < -0.3 is 5.32 Å². The summed E-state index contributed by atoms with van der Waals surface area (Å²) in [5.74, 6) is -0.154. The number of benzene rings is 2. The maximum atomic E-state index is 12.9. The molecule has 1 saturated heterocycles. The molecule has 0 unspecified atom stereocenters. The van der Waals surface area contributed by atoms with Crippen LogP contribution in [-0.4, -0.2) is 51.1 Å². The second kappa shape index (κ2) is 8.93. The Morgan fingerprint density at radius 2 is 1.75 bits per heavy atom. The van der Waals surface area contributed by atoms with Crippen molar-refractivity contribution in [2.75, 3.05) is 19.6 Å². The fourth-order valence-corrected chi connectivity index (χ4v) is 4.50. The number of likely N-dealkylation sites (tertiary alicyclic amines) is 1. The lowest BCUT2D eigenvalue weighted by atomic mass is 10.1. The topological polar surface area (TPSA) is 62.5 Å². The standard InChI is InChI=1S/C26H27N5O/c1-2-30-15-9-14-21(30)18-27-26(32)23-17-25-28-22(19-10-5-3-6-11-19)16-24(31(25)29-23)20-12-7-4-8-13-20/h3-8,10-13,16-17,21H,2,9,14-15,18H2,1H3,(H,27,32)/t21-/m0/s1. The zero-order chi connectivity index (χ0) is 21.9. The molecule has 0 saturated carbocycles. The predicted molar refractivity (Wildman–Crippen MR) is 126 cm³/mol. The smallest absolute Gasteiger partial charge is 0.271 e. The van der Waals surface area contributed by atoms with Gasteiger partial charge in [-0.2, -0.15) is 5.10 Å². The molecule has 6 heteroatoms. The molecule has 3 heterocycles. The minimum absolute atomic E-state index is 0.154. The molecular formula is C26H27N5O. The number of carbonyl (C=O) groups excluding carboxylic acids is 1. The predicted octanol–water partition coefficient (Wildman–Crippen LogP) is 4.28. The zero-order valence-electron chi connectivity index (χ0n) is 18.2. The molecule has 2 aromatic heterocycles. The maximum absolute atomic E-state index is 12.9. The minimum atomic E-state index is -0.154. The second-order valence-electron chi connectivity index (χ2n) is 8.19. The molecule has 0 aliphatic carbocycles. The minimum Gasteiger partial charge on any atom is -0.349 e. The lowest BCUT2D eigenvalue weighted by Crippen LogP contribution is -2.40. The van der Waals surface area contributed by atoms with Crippen LogP contribution < -0.4 is 5.32 Å². The van der Waals surface area contributed by atoms with Gasteiger partial charge >= 0.3 is 0 Å². The highest BCUT2D eigenvalue weighted by atomic mass is 16.1. The first kappa shape index (κ1) is 20.4. The quantitative estimate of drug-likeness (QED) is 0.501. The summed E-state index contributed by atoms with van der Waals surface area (Å²) in [7, 11) is 0.